The number of ether oxygens (including phenoxy) is 1. The Morgan fingerprint density at radius 1 is 1.35 bits per heavy atom. The Morgan fingerprint density at radius 3 is 3.04 bits per heavy atom. The van der Waals surface area contributed by atoms with E-state index in [1.165, 1.54) is 0 Å². The number of fused-ring (bicyclic) bond motifs is 1. The van der Waals surface area contributed by atoms with Gasteiger partial charge in [0.1, 0.15) is 6.23 Å². The first-order valence-electron chi connectivity index (χ1n) is 7.25. The average Bonchev–Trinajstić information content (AvgIpc) is 3.15. The third-order valence-electron chi connectivity index (χ3n) is 3.70. The van der Waals surface area contributed by atoms with Crippen molar-refractivity contribution in [2.24, 2.45) is 0 Å². The number of hydrogen-bond donors (Lipinski definition) is 1. The number of nitrogens with one attached hydrogen (secondary N) is 1. The fourth-order valence-corrected chi connectivity index (χ4v) is 3.23. The number of aromatic nitrogens is 4. The summed E-state index contributed by atoms with van der Waals surface area (Å²) in [7, 11) is 0. The number of anilines is 2. The summed E-state index contributed by atoms with van der Waals surface area (Å²) in [4.78, 5) is 13.1. The second-order valence-electron chi connectivity index (χ2n) is 5.27. The smallest absolute Gasteiger partial charge is 0.226 e. The van der Waals surface area contributed by atoms with Crippen LogP contribution in [0.25, 0.3) is 11.2 Å². The molecular weight excluding hydrogens is 382 g/mol. The first-order valence-corrected chi connectivity index (χ1v) is 8.42. The van der Waals surface area contributed by atoms with E-state index < -0.39 is 0 Å². The molecule has 0 spiro atoms. The Balaban J connectivity index is 1.77. The SMILES string of the molecule is Clc1nc(Nc2cccc(Br)c2)c2ncn(C3CCCO3)c2n1. The Hall–Kier alpha value is -1.70. The van der Waals surface area contributed by atoms with Gasteiger partial charge in [-0.2, -0.15) is 9.97 Å². The molecule has 1 atom stereocenters. The summed E-state index contributed by atoms with van der Waals surface area (Å²) in [6.07, 6.45) is 3.68. The van der Waals surface area contributed by atoms with E-state index in [1.54, 1.807) is 6.33 Å². The van der Waals surface area contributed by atoms with Crippen LogP contribution in [0.2, 0.25) is 5.28 Å². The zero-order chi connectivity index (χ0) is 15.8. The Bertz CT molecular complexity index is 862. The maximum atomic E-state index is 6.10. The van der Waals surface area contributed by atoms with E-state index in [1.807, 2.05) is 28.8 Å². The van der Waals surface area contributed by atoms with Gasteiger partial charge in [0.05, 0.1) is 6.33 Å². The summed E-state index contributed by atoms with van der Waals surface area (Å²) in [5, 5.41) is 3.43. The van der Waals surface area contributed by atoms with Crippen molar-refractivity contribution >= 4 is 50.2 Å². The van der Waals surface area contributed by atoms with Crippen molar-refractivity contribution in [2.75, 3.05) is 11.9 Å². The lowest BCUT2D eigenvalue weighted by molar-refractivity contribution is 0.0593. The average molecular weight is 395 g/mol. The lowest BCUT2D eigenvalue weighted by Crippen LogP contribution is -2.07. The summed E-state index contributed by atoms with van der Waals surface area (Å²) >= 11 is 9.56. The van der Waals surface area contributed by atoms with Crippen LogP contribution in [-0.2, 0) is 4.74 Å². The number of halogens is 2. The topological polar surface area (TPSA) is 64.9 Å². The van der Waals surface area contributed by atoms with E-state index in [4.69, 9.17) is 16.3 Å². The molecule has 2 aromatic heterocycles. The Labute approximate surface area is 146 Å². The second-order valence-corrected chi connectivity index (χ2v) is 6.52. The molecule has 23 heavy (non-hydrogen) atoms. The molecule has 1 saturated heterocycles. The summed E-state index contributed by atoms with van der Waals surface area (Å²) in [5.74, 6) is 0.579. The van der Waals surface area contributed by atoms with Gasteiger partial charge in [0.2, 0.25) is 5.28 Å². The van der Waals surface area contributed by atoms with Crippen LogP contribution >= 0.6 is 27.5 Å². The van der Waals surface area contributed by atoms with Crippen molar-refractivity contribution in [3.8, 4) is 0 Å². The van der Waals surface area contributed by atoms with Crippen LogP contribution in [0.15, 0.2) is 35.1 Å². The van der Waals surface area contributed by atoms with Crippen LogP contribution in [0.3, 0.4) is 0 Å². The molecule has 6 nitrogen and oxygen atoms in total. The molecule has 0 aliphatic carbocycles. The number of nitrogens with zero attached hydrogens (tertiary/aromatic N) is 4. The molecule has 3 aromatic rings. The number of hydrogen-bond acceptors (Lipinski definition) is 5. The first kappa shape index (κ1) is 14.9. The van der Waals surface area contributed by atoms with Gasteiger partial charge < -0.3 is 10.1 Å². The largest absolute Gasteiger partial charge is 0.358 e. The van der Waals surface area contributed by atoms with Crippen molar-refractivity contribution in [1.29, 1.82) is 0 Å². The molecule has 1 aliphatic rings. The maximum Gasteiger partial charge on any atom is 0.226 e. The quantitative estimate of drug-likeness (QED) is 0.671. The molecule has 1 fully saturated rings. The third kappa shape index (κ3) is 2.91. The number of rotatable bonds is 3. The Kier molecular flexibility index (Phi) is 3.92. The third-order valence-corrected chi connectivity index (χ3v) is 4.36. The zero-order valence-electron chi connectivity index (χ0n) is 12.0. The minimum atomic E-state index is -0.0373. The van der Waals surface area contributed by atoms with Gasteiger partial charge in [-0.1, -0.05) is 22.0 Å². The van der Waals surface area contributed by atoms with E-state index in [2.05, 4.69) is 36.2 Å². The maximum absolute atomic E-state index is 6.10. The Morgan fingerprint density at radius 2 is 2.26 bits per heavy atom. The van der Waals surface area contributed by atoms with E-state index in [9.17, 15) is 0 Å². The molecule has 1 unspecified atom stereocenters. The lowest BCUT2D eigenvalue weighted by Gasteiger charge is -2.12. The van der Waals surface area contributed by atoms with Gasteiger partial charge in [-0.3, -0.25) is 4.57 Å². The molecule has 0 radical (unpaired) electrons. The summed E-state index contributed by atoms with van der Waals surface area (Å²) in [6, 6.07) is 7.81. The highest BCUT2D eigenvalue weighted by atomic mass is 79.9. The van der Waals surface area contributed by atoms with Crippen molar-refractivity contribution in [3.63, 3.8) is 0 Å². The van der Waals surface area contributed by atoms with E-state index in [0.29, 0.717) is 17.0 Å². The van der Waals surface area contributed by atoms with Gasteiger partial charge in [-0.15, -0.1) is 0 Å². The molecule has 0 saturated carbocycles. The number of benzene rings is 1. The highest BCUT2D eigenvalue weighted by Crippen LogP contribution is 2.30. The van der Waals surface area contributed by atoms with E-state index in [0.717, 1.165) is 29.6 Å². The van der Waals surface area contributed by atoms with Gasteiger partial charge in [0.25, 0.3) is 0 Å². The predicted octanol–water partition coefficient (Wildman–Crippen LogP) is 4.29. The van der Waals surface area contributed by atoms with Gasteiger partial charge in [0.15, 0.2) is 17.0 Å². The van der Waals surface area contributed by atoms with E-state index in [-0.39, 0.29) is 11.5 Å². The molecule has 118 valence electrons. The van der Waals surface area contributed by atoms with Crippen molar-refractivity contribution < 1.29 is 4.74 Å². The molecule has 0 bridgehead atoms. The van der Waals surface area contributed by atoms with Gasteiger partial charge >= 0.3 is 0 Å². The minimum absolute atomic E-state index is 0.0373. The highest BCUT2D eigenvalue weighted by molar-refractivity contribution is 9.10. The van der Waals surface area contributed by atoms with Gasteiger partial charge in [-0.25, -0.2) is 4.98 Å². The molecule has 1 N–H and O–H groups in total. The predicted molar refractivity (Wildman–Crippen MR) is 92.0 cm³/mol. The normalized spacial score (nSPS) is 17.7. The monoisotopic (exact) mass is 393 g/mol. The lowest BCUT2D eigenvalue weighted by atomic mass is 10.3. The molecular formula is C15H13BrClN5O. The second kappa shape index (κ2) is 6.07. The van der Waals surface area contributed by atoms with Crippen LogP contribution in [0.1, 0.15) is 19.1 Å². The van der Waals surface area contributed by atoms with Gasteiger partial charge in [0, 0.05) is 16.8 Å². The van der Waals surface area contributed by atoms with Crippen molar-refractivity contribution in [1.82, 2.24) is 19.5 Å². The van der Waals surface area contributed by atoms with Crippen LogP contribution in [0.4, 0.5) is 11.5 Å². The van der Waals surface area contributed by atoms with Gasteiger partial charge in [-0.05, 0) is 42.6 Å². The fourth-order valence-electron chi connectivity index (χ4n) is 2.67. The molecule has 4 rings (SSSR count). The highest BCUT2D eigenvalue weighted by Gasteiger charge is 2.22. The summed E-state index contributed by atoms with van der Waals surface area (Å²) < 4.78 is 8.61. The standard InChI is InChI=1S/C15H13BrClN5O/c16-9-3-1-4-10(7-9)19-13-12-14(21-15(17)20-13)22(8-18-12)11-5-2-6-23-11/h1,3-4,7-8,11H,2,5-6H2,(H,19,20,21). The number of imidazole rings is 1. The molecule has 8 heteroatoms. The van der Waals surface area contributed by atoms with Crippen LogP contribution in [0, 0.1) is 0 Å². The van der Waals surface area contributed by atoms with Crippen molar-refractivity contribution in [3.05, 3.63) is 40.3 Å². The summed E-state index contributed by atoms with van der Waals surface area (Å²) in [5.41, 5.74) is 2.24. The van der Waals surface area contributed by atoms with E-state index >= 15 is 0 Å². The molecule has 0 amide bonds. The fraction of sp³-hybridized carbons (Fsp3) is 0.267. The summed E-state index contributed by atoms with van der Waals surface area (Å²) in [6.45, 7) is 0.756. The van der Waals surface area contributed by atoms with Crippen LogP contribution < -0.4 is 5.32 Å². The molecule has 1 aromatic carbocycles. The zero-order valence-corrected chi connectivity index (χ0v) is 14.4. The minimum Gasteiger partial charge on any atom is -0.358 e. The van der Waals surface area contributed by atoms with Crippen LogP contribution in [-0.4, -0.2) is 26.1 Å². The molecule has 3 heterocycles. The van der Waals surface area contributed by atoms with Crippen LogP contribution in [0.5, 0.6) is 0 Å². The van der Waals surface area contributed by atoms with Crippen molar-refractivity contribution in [2.45, 2.75) is 19.1 Å². The molecule has 1 aliphatic heterocycles. The first-order chi connectivity index (χ1) is 11.2.